The number of nitrogens with one attached hydrogen (secondary N) is 2. The highest BCUT2D eigenvalue weighted by Gasteiger charge is 2.13. The molecule has 174 valence electrons. The topological polar surface area (TPSA) is 80.5 Å². The molecule has 1 amide bonds. The molecule has 7 heteroatoms. The van der Waals surface area contributed by atoms with Gasteiger partial charge in [-0.2, -0.15) is 5.10 Å². The Bertz CT molecular complexity index is 1150. The van der Waals surface area contributed by atoms with Gasteiger partial charge in [0.15, 0.2) is 0 Å². The molecule has 7 nitrogen and oxygen atoms in total. The SMILES string of the molecule is CCn1nc(C)c(CCN=C(NC(=O)c2ccc(OC)cc2)Nc2cc(C)ccc2C)c1C. The summed E-state index contributed by atoms with van der Waals surface area (Å²) in [5.41, 5.74) is 7.03. The van der Waals surface area contributed by atoms with E-state index in [2.05, 4.69) is 35.6 Å². The molecule has 0 unspecified atom stereocenters. The first-order valence-electron chi connectivity index (χ1n) is 11.2. The Kier molecular flexibility index (Phi) is 7.87. The molecule has 0 saturated heterocycles. The van der Waals surface area contributed by atoms with Crippen LogP contribution in [0, 0.1) is 27.7 Å². The third-order valence-corrected chi connectivity index (χ3v) is 5.69. The van der Waals surface area contributed by atoms with Gasteiger partial charge in [0.2, 0.25) is 5.96 Å². The Morgan fingerprint density at radius 3 is 2.45 bits per heavy atom. The second-order valence-corrected chi connectivity index (χ2v) is 8.07. The van der Waals surface area contributed by atoms with Gasteiger partial charge in [-0.1, -0.05) is 12.1 Å². The summed E-state index contributed by atoms with van der Waals surface area (Å²) in [6, 6.07) is 13.1. The maximum absolute atomic E-state index is 12.9. The number of anilines is 1. The minimum Gasteiger partial charge on any atom is -0.497 e. The summed E-state index contributed by atoms with van der Waals surface area (Å²) in [6.45, 7) is 11.6. The number of ether oxygens (including phenoxy) is 1. The third kappa shape index (κ3) is 6.00. The van der Waals surface area contributed by atoms with E-state index in [1.54, 1.807) is 31.4 Å². The Morgan fingerprint density at radius 2 is 1.82 bits per heavy atom. The van der Waals surface area contributed by atoms with Gasteiger partial charge in [-0.25, -0.2) is 0 Å². The third-order valence-electron chi connectivity index (χ3n) is 5.69. The van der Waals surface area contributed by atoms with Crippen molar-refractivity contribution in [1.82, 2.24) is 15.1 Å². The second kappa shape index (κ2) is 10.8. The average Bonchev–Trinajstić information content (AvgIpc) is 3.09. The zero-order chi connectivity index (χ0) is 24.0. The Hall–Kier alpha value is -3.61. The van der Waals surface area contributed by atoms with Crippen LogP contribution in [0.4, 0.5) is 5.69 Å². The summed E-state index contributed by atoms with van der Waals surface area (Å²) in [5.74, 6) is 0.885. The molecule has 1 heterocycles. The molecule has 0 fully saturated rings. The number of hydrogen-bond donors (Lipinski definition) is 2. The Labute approximate surface area is 195 Å². The summed E-state index contributed by atoms with van der Waals surface area (Å²) in [5, 5.41) is 10.8. The maximum atomic E-state index is 12.9. The first-order chi connectivity index (χ1) is 15.8. The molecule has 33 heavy (non-hydrogen) atoms. The number of methoxy groups -OCH3 is 1. The molecule has 1 aromatic heterocycles. The number of carbonyl (C=O) groups excluding carboxylic acids is 1. The van der Waals surface area contributed by atoms with Crippen molar-refractivity contribution in [3.8, 4) is 5.75 Å². The predicted octanol–water partition coefficient (Wildman–Crippen LogP) is 4.59. The summed E-state index contributed by atoms with van der Waals surface area (Å²) < 4.78 is 7.19. The number of aromatic nitrogens is 2. The molecule has 0 aliphatic carbocycles. The van der Waals surface area contributed by atoms with Crippen molar-refractivity contribution in [1.29, 1.82) is 0 Å². The van der Waals surface area contributed by atoms with Gasteiger partial charge in [0, 0.05) is 30.0 Å². The van der Waals surface area contributed by atoms with Crippen LogP contribution in [0.25, 0.3) is 0 Å². The number of nitrogens with zero attached hydrogens (tertiary/aromatic N) is 3. The Morgan fingerprint density at radius 1 is 1.09 bits per heavy atom. The molecule has 2 N–H and O–H groups in total. The van der Waals surface area contributed by atoms with Crippen LogP contribution >= 0.6 is 0 Å². The minimum atomic E-state index is -0.236. The predicted molar refractivity (Wildman–Crippen MR) is 133 cm³/mol. The van der Waals surface area contributed by atoms with Gasteiger partial charge in [-0.15, -0.1) is 0 Å². The first kappa shape index (κ1) is 24.0. The van der Waals surface area contributed by atoms with Crippen molar-refractivity contribution < 1.29 is 9.53 Å². The van der Waals surface area contributed by atoms with Crippen molar-refractivity contribution >= 4 is 17.6 Å². The molecule has 0 saturated carbocycles. The van der Waals surface area contributed by atoms with Crippen LogP contribution in [0.2, 0.25) is 0 Å². The lowest BCUT2D eigenvalue weighted by molar-refractivity contribution is 0.0977. The van der Waals surface area contributed by atoms with Gasteiger partial charge in [-0.3, -0.25) is 19.8 Å². The molecule has 0 aliphatic rings. The van der Waals surface area contributed by atoms with Crippen LogP contribution in [0.1, 0.15) is 45.4 Å². The molecular weight excluding hydrogens is 414 g/mol. The van der Waals surface area contributed by atoms with Crippen LogP contribution in [0.3, 0.4) is 0 Å². The largest absolute Gasteiger partial charge is 0.497 e. The molecule has 3 rings (SSSR count). The standard InChI is InChI=1S/C26H33N5O2/c1-7-31-20(5)23(19(4)30-31)14-15-27-26(28-24-16-17(2)8-9-18(24)3)29-25(32)21-10-12-22(33-6)13-11-21/h8-13,16H,7,14-15H2,1-6H3,(H2,27,28,29,32). The van der Waals surface area contributed by atoms with E-state index in [-0.39, 0.29) is 5.91 Å². The monoisotopic (exact) mass is 447 g/mol. The van der Waals surface area contributed by atoms with E-state index in [1.807, 2.05) is 37.6 Å². The van der Waals surface area contributed by atoms with E-state index < -0.39 is 0 Å². The van der Waals surface area contributed by atoms with Crippen molar-refractivity contribution in [2.75, 3.05) is 19.0 Å². The summed E-state index contributed by atoms with van der Waals surface area (Å²) >= 11 is 0. The Balaban J connectivity index is 1.81. The van der Waals surface area contributed by atoms with Gasteiger partial charge in [0.25, 0.3) is 5.91 Å². The van der Waals surface area contributed by atoms with Crippen molar-refractivity contribution in [3.63, 3.8) is 0 Å². The minimum absolute atomic E-state index is 0.236. The zero-order valence-electron chi connectivity index (χ0n) is 20.3. The highest BCUT2D eigenvalue weighted by atomic mass is 16.5. The molecule has 0 bridgehead atoms. The summed E-state index contributed by atoms with van der Waals surface area (Å²) in [4.78, 5) is 17.6. The summed E-state index contributed by atoms with van der Waals surface area (Å²) in [7, 11) is 1.60. The molecular formula is C26H33N5O2. The number of amides is 1. The number of guanidine groups is 1. The van der Waals surface area contributed by atoms with Crippen LogP contribution < -0.4 is 15.4 Å². The molecule has 3 aromatic rings. The number of carbonyl (C=O) groups is 1. The molecule has 0 spiro atoms. The van der Waals surface area contributed by atoms with Crippen LogP contribution in [0.15, 0.2) is 47.5 Å². The number of aliphatic imine (C=N–C) groups is 1. The van der Waals surface area contributed by atoms with Gasteiger partial charge in [-0.05, 0) is 88.1 Å². The fourth-order valence-electron chi connectivity index (χ4n) is 3.71. The number of hydrogen-bond acceptors (Lipinski definition) is 4. The van der Waals surface area contributed by atoms with Crippen LogP contribution in [0.5, 0.6) is 5.75 Å². The van der Waals surface area contributed by atoms with E-state index in [4.69, 9.17) is 9.73 Å². The fraction of sp³-hybridized carbons (Fsp3) is 0.346. The average molecular weight is 448 g/mol. The van der Waals surface area contributed by atoms with Gasteiger partial charge >= 0.3 is 0 Å². The lowest BCUT2D eigenvalue weighted by atomic mass is 10.1. The molecule has 0 atom stereocenters. The van der Waals surface area contributed by atoms with Gasteiger partial charge in [0.05, 0.1) is 12.8 Å². The zero-order valence-corrected chi connectivity index (χ0v) is 20.3. The number of rotatable bonds is 7. The second-order valence-electron chi connectivity index (χ2n) is 8.07. The quantitative estimate of drug-likeness (QED) is 0.410. The summed E-state index contributed by atoms with van der Waals surface area (Å²) in [6.07, 6.45) is 0.744. The highest BCUT2D eigenvalue weighted by molar-refractivity contribution is 6.10. The highest BCUT2D eigenvalue weighted by Crippen LogP contribution is 2.17. The normalized spacial score (nSPS) is 11.4. The molecule has 0 radical (unpaired) electrons. The molecule has 2 aromatic carbocycles. The van der Waals surface area contributed by atoms with Crippen molar-refractivity contribution in [2.24, 2.45) is 4.99 Å². The van der Waals surface area contributed by atoms with Crippen LogP contribution in [-0.4, -0.2) is 35.3 Å². The lowest BCUT2D eigenvalue weighted by Crippen LogP contribution is -2.36. The van der Waals surface area contributed by atoms with Crippen molar-refractivity contribution in [2.45, 2.75) is 47.6 Å². The van der Waals surface area contributed by atoms with E-state index >= 15 is 0 Å². The number of benzene rings is 2. The van der Waals surface area contributed by atoms with E-state index in [0.29, 0.717) is 23.8 Å². The van der Waals surface area contributed by atoms with E-state index in [9.17, 15) is 4.79 Å². The first-order valence-corrected chi connectivity index (χ1v) is 11.2. The van der Waals surface area contributed by atoms with Crippen molar-refractivity contribution in [3.05, 3.63) is 76.1 Å². The van der Waals surface area contributed by atoms with Gasteiger partial charge in [0.1, 0.15) is 5.75 Å². The van der Waals surface area contributed by atoms with Crippen LogP contribution in [-0.2, 0) is 13.0 Å². The lowest BCUT2D eigenvalue weighted by Gasteiger charge is -2.14. The van der Waals surface area contributed by atoms with E-state index in [1.165, 1.54) is 5.56 Å². The van der Waals surface area contributed by atoms with E-state index in [0.717, 1.165) is 41.2 Å². The molecule has 0 aliphatic heterocycles. The maximum Gasteiger partial charge on any atom is 0.257 e. The fourth-order valence-corrected chi connectivity index (χ4v) is 3.71. The van der Waals surface area contributed by atoms with Gasteiger partial charge < -0.3 is 10.1 Å². The number of aryl methyl sites for hydroxylation is 4. The smallest absolute Gasteiger partial charge is 0.257 e.